The van der Waals surface area contributed by atoms with E-state index in [-0.39, 0.29) is 5.69 Å². The number of nitrogens with one attached hydrogen (secondary N) is 2. The molecular weight excluding hydrogens is 348 g/mol. The zero-order valence-corrected chi connectivity index (χ0v) is 14.6. The summed E-state index contributed by atoms with van der Waals surface area (Å²) in [5, 5.41) is 7.11. The Morgan fingerprint density at radius 1 is 0.926 bits per heavy atom. The maximum Gasteiger partial charge on any atom is 0.323 e. The SMILES string of the molecule is CCn1c2ccccc2c2cc(NC(=O)Nc3cc(F)ccc3F)ccc21. The smallest absolute Gasteiger partial charge is 0.323 e. The van der Waals surface area contributed by atoms with Crippen LogP contribution in [0, 0.1) is 11.6 Å². The molecule has 0 unspecified atom stereocenters. The molecule has 27 heavy (non-hydrogen) atoms. The molecule has 0 aliphatic rings. The van der Waals surface area contributed by atoms with Gasteiger partial charge in [0.1, 0.15) is 11.6 Å². The first-order chi connectivity index (χ1) is 13.1. The summed E-state index contributed by atoms with van der Waals surface area (Å²) in [6.45, 7) is 2.91. The molecule has 4 rings (SSSR count). The number of nitrogens with zero attached hydrogens (tertiary/aromatic N) is 1. The minimum atomic E-state index is -0.701. The minimum absolute atomic E-state index is 0.212. The van der Waals surface area contributed by atoms with E-state index in [4.69, 9.17) is 0 Å². The first-order valence-electron chi connectivity index (χ1n) is 8.61. The lowest BCUT2D eigenvalue weighted by molar-refractivity contribution is 0.262. The average Bonchev–Trinajstić information content (AvgIpc) is 2.98. The largest absolute Gasteiger partial charge is 0.341 e. The predicted molar refractivity (Wildman–Crippen MR) is 104 cm³/mol. The number of carbonyl (C=O) groups is 1. The average molecular weight is 365 g/mol. The molecule has 0 aliphatic heterocycles. The van der Waals surface area contributed by atoms with Crippen molar-refractivity contribution in [1.82, 2.24) is 4.57 Å². The summed E-state index contributed by atoms with van der Waals surface area (Å²) in [5.74, 6) is -1.33. The monoisotopic (exact) mass is 365 g/mol. The normalized spacial score (nSPS) is 11.1. The van der Waals surface area contributed by atoms with Crippen LogP contribution in [0.15, 0.2) is 60.7 Å². The van der Waals surface area contributed by atoms with Crippen molar-refractivity contribution in [2.24, 2.45) is 0 Å². The van der Waals surface area contributed by atoms with Gasteiger partial charge in [0, 0.05) is 40.1 Å². The molecule has 0 radical (unpaired) electrons. The Hall–Kier alpha value is -3.41. The van der Waals surface area contributed by atoms with Crippen LogP contribution in [0.1, 0.15) is 6.92 Å². The van der Waals surface area contributed by atoms with Crippen molar-refractivity contribution in [3.05, 3.63) is 72.3 Å². The fraction of sp³-hybridized carbons (Fsp3) is 0.0952. The topological polar surface area (TPSA) is 46.1 Å². The Morgan fingerprint density at radius 2 is 1.70 bits per heavy atom. The quantitative estimate of drug-likeness (QED) is 0.478. The van der Waals surface area contributed by atoms with Crippen LogP contribution in [0.5, 0.6) is 0 Å². The van der Waals surface area contributed by atoms with Crippen LogP contribution >= 0.6 is 0 Å². The first-order valence-corrected chi connectivity index (χ1v) is 8.61. The lowest BCUT2D eigenvalue weighted by Crippen LogP contribution is -2.20. The highest BCUT2D eigenvalue weighted by molar-refractivity contribution is 6.10. The number of fused-ring (bicyclic) bond motifs is 3. The number of benzene rings is 3. The van der Waals surface area contributed by atoms with Gasteiger partial charge in [0.25, 0.3) is 0 Å². The van der Waals surface area contributed by atoms with E-state index >= 15 is 0 Å². The van der Waals surface area contributed by atoms with E-state index < -0.39 is 17.7 Å². The summed E-state index contributed by atoms with van der Waals surface area (Å²) in [7, 11) is 0. The molecule has 3 aromatic carbocycles. The van der Waals surface area contributed by atoms with Crippen molar-refractivity contribution in [2.45, 2.75) is 13.5 Å². The highest BCUT2D eigenvalue weighted by atomic mass is 19.1. The molecule has 4 nitrogen and oxygen atoms in total. The van der Waals surface area contributed by atoms with Crippen LogP contribution in [0.4, 0.5) is 25.0 Å². The Balaban J connectivity index is 1.65. The van der Waals surface area contributed by atoms with Crippen LogP contribution < -0.4 is 10.6 Å². The third-order valence-corrected chi connectivity index (χ3v) is 4.52. The number of para-hydroxylation sites is 1. The number of aromatic nitrogens is 1. The number of hydrogen-bond acceptors (Lipinski definition) is 1. The van der Waals surface area contributed by atoms with Crippen LogP contribution in [0.25, 0.3) is 21.8 Å². The zero-order valence-electron chi connectivity index (χ0n) is 14.6. The van der Waals surface area contributed by atoms with Gasteiger partial charge in [0.2, 0.25) is 0 Å². The third kappa shape index (κ3) is 3.10. The fourth-order valence-electron chi connectivity index (χ4n) is 3.35. The lowest BCUT2D eigenvalue weighted by Gasteiger charge is -2.09. The van der Waals surface area contributed by atoms with Crippen molar-refractivity contribution >= 4 is 39.2 Å². The molecule has 4 aromatic rings. The van der Waals surface area contributed by atoms with E-state index in [9.17, 15) is 13.6 Å². The summed E-state index contributed by atoms with van der Waals surface area (Å²) < 4.78 is 29.1. The third-order valence-electron chi connectivity index (χ3n) is 4.52. The predicted octanol–water partition coefficient (Wildman–Crippen LogP) is 5.74. The Labute approximate surface area is 154 Å². The Bertz CT molecular complexity index is 1170. The number of halogens is 2. The number of urea groups is 1. The van der Waals surface area contributed by atoms with Crippen molar-refractivity contribution in [2.75, 3.05) is 10.6 Å². The van der Waals surface area contributed by atoms with Crippen LogP contribution in [0.2, 0.25) is 0 Å². The van der Waals surface area contributed by atoms with E-state index in [1.807, 2.05) is 30.3 Å². The molecule has 0 atom stereocenters. The molecule has 2 N–H and O–H groups in total. The zero-order chi connectivity index (χ0) is 19.0. The molecule has 1 heterocycles. The highest BCUT2D eigenvalue weighted by Crippen LogP contribution is 2.31. The number of aryl methyl sites for hydroxylation is 1. The molecule has 0 saturated heterocycles. The molecule has 136 valence electrons. The van der Waals surface area contributed by atoms with Gasteiger partial charge in [0.15, 0.2) is 0 Å². The van der Waals surface area contributed by atoms with Crippen molar-refractivity contribution in [3.8, 4) is 0 Å². The van der Waals surface area contributed by atoms with Crippen molar-refractivity contribution < 1.29 is 13.6 Å². The van der Waals surface area contributed by atoms with E-state index in [1.165, 1.54) is 0 Å². The van der Waals surface area contributed by atoms with E-state index in [1.54, 1.807) is 6.07 Å². The van der Waals surface area contributed by atoms with E-state index in [2.05, 4.69) is 28.2 Å². The van der Waals surface area contributed by atoms with Gasteiger partial charge < -0.3 is 15.2 Å². The molecule has 0 fully saturated rings. The van der Waals surface area contributed by atoms with Crippen LogP contribution in [-0.4, -0.2) is 10.6 Å². The number of rotatable bonds is 3. The van der Waals surface area contributed by atoms with Crippen LogP contribution in [-0.2, 0) is 6.54 Å². The maximum absolute atomic E-state index is 13.7. The van der Waals surface area contributed by atoms with Gasteiger partial charge >= 0.3 is 6.03 Å². The maximum atomic E-state index is 13.7. The minimum Gasteiger partial charge on any atom is -0.341 e. The number of hydrogen-bond donors (Lipinski definition) is 2. The molecule has 0 saturated carbocycles. The summed E-state index contributed by atoms with van der Waals surface area (Å²) in [6, 6.07) is 15.9. The molecule has 6 heteroatoms. The van der Waals surface area contributed by atoms with Crippen molar-refractivity contribution in [1.29, 1.82) is 0 Å². The van der Waals surface area contributed by atoms with Gasteiger partial charge in [-0.15, -0.1) is 0 Å². The number of carbonyl (C=O) groups excluding carboxylic acids is 1. The molecule has 0 spiro atoms. The van der Waals surface area contributed by atoms with Gasteiger partial charge in [-0.1, -0.05) is 18.2 Å². The fourth-order valence-corrected chi connectivity index (χ4v) is 3.35. The molecule has 1 aromatic heterocycles. The number of anilines is 2. The molecule has 2 amide bonds. The summed E-state index contributed by atoms with van der Waals surface area (Å²) in [5.41, 5.74) is 2.55. The molecule has 0 aliphatic carbocycles. The summed E-state index contributed by atoms with van der Waals surface area (Å²) in [6.07, 6.45) is 0. The van der Waals surface area contributed by atoms with Gasteiger partial charge in [-0.25, -0.2) is 13.6 Å². The number of amides is 2. The van der Waals surface area contributed by atoms with Crippen molar-refractivity contribution in [3.63, 3.8) is 0 Å². The standard InChI is InChI=1S/C21H17F2N3O/c1-2-26-19-6-4-3-5-15(19)16-12-14(8-10-20(16)26)24-21(27)25-18-11-13(22)7-9-17(18)23/h3-12H,2H2,1H3,(H2,24,25,27). The second kappa shape index (κ2) is 6.72. The van der Waals surface area contributed by atoms with E-state index in [0.717, 1.165) is 46.5 Å². The van der Waals surface area contributed by atoms with Gasteiger partial charge in [-0.2, -0.15) is 0 Å². The van der Waals surface area contributed by atoms with Crippen LogP contribution in [0.3, 0.4) is 0 Å². The second-order valence-electron chi connectivity index (χ2n) is 6.20. The van der Waals surface area contributed by atoms with Gasteiger partial charge in [-0.05, 0) is 43.3 Å². The Morgan fingerprint density at radius 3 is 2.52 bits per heavy atom. The lowest BCUT2D eigenvalue weighted by atomic mass is 10.1. The first kappa shape index (κ1) is 17.0. The second-order valence-corrected chi connectivity index (χ2v) is 6.20. The van der Waals surface area contributed by atoms with Gasteiger partial charge in [0.05, 0.1) is 5.69 Å². The van der Waals surface area contributed by atoms with Gasteiger partial charge in [-0.3, -0.25) is 0 Å². The summed E-state index contributed by atoms with van der Waals surface area (Å²) in [4.78, 5) is 12.2. The highest BCUT2D eigenvalue weighted by Gasteiger charge is 2.12. The molecular formula is C21H17F2N3O. The summed E-state index contributed by atoms with van der Waals surface area (Å²) >= 11 is 0. The molecule has 0 bridgehead atoms. The Kier molecular flexibility index (Phi) is 4.24. The van der Waals surface area contributed by atoms with E-state index in [0.29, 0.717) is 5.69 Å².